The summed E-state index contributed by atoms with van der Waals surface area (Å²) >= 11 is 0. The van der Waals surface area contributed by atoms with E-state index >= 15 is 0 Å². The van der Waals surface area contributed by atoms with E-state index in [1.807, 2.05) is 12.1 Å². The molecular formula is C22H35N3O3. The van der Waals surface area contributed by atoms with Crippen LogP contribution in [0.15, 0.2) is 24.3 Å². The topological polar surface area (TPSA) is 65.0 Å². The van der Waals surface area contributed by atoms with E-state index in [2.05, 4.69) is 29.0 Å². The van der Waals surface area contributed by atoms with Gasteiger partial charge in [-0.3, -0.25) is 14.6 Å². The third-order valence-corrected chi connectivity index (χ3v) is 5.88. The van der Waals surface area contributed by atoms with Crippen LogP contribution in [-0.2, 0) is 0 Å². The molecule has 28 heavy (non-hydrogen) atoms. The molecule has 1 aromatic carbocycles. The summed E-state index contributed by atoms with van der Waals surface area (Å²) in [6.45, 7) is 9.91. The van der Waals surface area contributed by atoms with Crippen molar-refractivity contribution in [3.8, 4) is 5.75 Å². The molecule has 1 aromatic rings. The van der Waals surface area contributed by atoms with Gasteiger partial charge >= 0.3 is 0 Å². The highest BCUT2D eigenvalue weighted by Crippen LogP contribution is 2.16. The number of hydrogen-bond acceptors (Lipinski definition) is 5. The van der Waals surface area contributed by atoms with Crippen LogP contribution in [0.1, 0.15) is 49.9 Å². The molecule has 156 valence electrons. The van der Waals surface area contributed by atoms with Crippen LogP contribution in [0.2, 0.25) is 0 Å². The Morgan fingerprint density at radius 1 is 1.18 bits per heavy atom. The number of carbonyl (C=O) groups is 1. The summed E-state index contributed by atoms with van der Waals surface area (Å²) in [5.74, 6) is 0.648. The van der Waals surface area contributed by atoms with Crippen molar-refractivity contribution in [2.45, 2.75) is 57.7 Å². The monoisotopic (exact) mass is 389 g/mol. The van der Waals surface area contributed by atoms with Crippen LogP contribution in [0, 0.1) is 0 Å². The van der Waals surface area contributed by atoms with Crippen molar-refractivity contribution in [2.75, 3.05) is 39.3 Å². The molecule has 0 spiro atoms. The van der Waals surface area contributed by atoms with Crippen molar-refractivity contribution in [2.24, 2.45) is 0 Å². The standard InChI is InChI=1S/C22H35N3O3/c1-17(2)25-13-5-6-21(26)20(16-25)23-22(27)18-7-9-19(10-8-18)28-15-14-24-11-3-4-12-24/h7-10,17,20-21,26H,3-6,11-16H2,1-2H3,(H,23,27)/t20-,21-/m1/s1. The lowest BCUT2D eigenvalue weighted by Crippen LogP contribution is -2.50. The van der Waals surface area contributed by atoms with Crippen LogP contribution >= 0.6 is 0 Å². The molecule has 6 heteroatoms. The number of carbonyl (C=O) groups excluding carboxylic acids is 1. The number of amides is 1. The third kappa shape index (κ3) is 5.93. The van der Waals surface area contributed by atoms with Crippen LogP contribution < -0.4 is 10.1 Å². The smallest absolute Gasteiger partial charge is 0.251 e. The zero-order chi connectivity index (χ0) is 19.9. The Morgan fingerprint density at radius 2 is 1.89 bits per heavy atom. The third-order valence-electron chi connectivity index (χ3n) is 5.88. The largest absolute Gasteiger partial charge is 0.492 e. The number of benzene rings is 1. The maximum absolute atomic E-state index is 12.7. The molecule has 2 saturated heterocycles. The summed E-state index contributed by atoms with van der Waals surface area (Å²) in [5, 5.41) is 13.4. The van der Waals surface area contributed by atoms with Crippen molar-refractivity contribution in [3.05, 3.63) is 29.8 Å². The zero-order valence-corrected chi connectivity index (χ0v) is 17.3. The molecular weight excluding hydrogens is 354 g/mol. The average Bonchev–Trinajstić information content (AvgIpc) is 3.13. The van der Waals surface area contributed by atoms with E-state index in [4.69, 9.17) is 4.74 Å². The maximum atomic E-state index is 12.7. The first kappa shape index (κ1) is 21.1. The Morgan fingerprint density at radius 3 is 2.57 bits per heavy atom. The number of ether oxygens (including phenoxy) is 1. The van der Waals surface area contributed by atoms with Gasteiger partial charge in [-0.1, -0.05) is 0 Å². The van der Waals surface area contributed by atoms with E-state index in [0.29, 0.717) is 24.8 Å². The predicted molar refractivity (Wildman–Crippen MR) is 111 cm³/mol. The van der Waals surface area contributed by atoms with E-state index in [1.54, 1.807) is 12.1 Å². The second kappa shape index (κ2) is 10.2. The molecule has 0 saturated carbocycles. The van der Waals surface area contributed by atoms with Gasteiger partial charge in [-0.05, 0) is 83.4 Å². The first-order valence-corrected chi connectivity index (χ1v) is 10.7. The van der Waals surface area contributed by atoms with Gasteiger partial charge in [0.15, 0.2) is 0 Å². The minimum absolute atomic E-state index is 0.140. The van der Waals surface area contributed by atoms with E-state index in [9.17, 15) is 9.90 Å². The van der Waals surface area contributed by atoms with Crippen LogP contribution in [0.5, 0.6) is 5.75 Å². The van der Waals surface area contributed by atoms with Gasteiger partial charge in [0.1, 0.15) is 12.4 Å². The predicted octanol–water partition coefficient (Wildman–Crippen LogP) is 2.12. The first-order chi connectivity index (χ1) is 13.5. The minimum Gasteiger partial charge on any atom is -0.492 e. The van der Waals surface area contributed by atoms with Crippen LogP contribution in [0.3, 0.4) is 0 Å². The highest BCUT2D eigenvalue weighted by molar-refractivity contribution is 5.94. The first-order valence-electron chi connectivity index (χ1n) is 10.7. The van der Waals surface area contributed by atoms with Gasteiger partial charge in [0.05, 0.1) is 12.1 Å². The second-order valence-electron chi connectivity index (χ2n) is 8.30. The van der Waals surface area contributed by atoms with Crippen LogP contribution in [0.25, 0.3) is 0 Å². The van der Waals surface area contributed by atoms with Crippen molar-refractivity contribution in [1.29, 1.82) is 0 Å². The number of rotatable bonds is 7. The molecule has 0 aromatic heterocycles. The summed E-state index contributed by atoms with van der Waals surface area (Å²) in [5.41, 5.74) is 0.597. The van der Waals surface area contributed by atoms with Crippen molar-refractivity contribution in [3.63, 3.8) is 0 Å². The molecule has 2 aliphatic rings. The summed E-state index contributed by atoms with van der Waals surface area (Å²) in [6.07, 6.45) is 3.75. The summed E-state index contributed by atoms with van der Waals surface area (Å²) in [6, 6.07) is 7.45. The fourth-order valence-corrected chi connectivity index (χ4v) is 4.03. The number of aliphatic hydroxyl groups excluding tert-OH is 1. The van der Waals surface area contributed by atoms with E-state index in [-0.39, 0.29) is 11.9 Å². The zero-order valence-electron chi connectivity index (χ0n) is 17.3. The van der Waals surface area contributed by atoms with Gasteiger partial charge in [0.25, 0.3) is 5.91 Å². The lowest BCUT2D eigenvalue weighted by atomic mass is 10.1. The Bertz CT molecular complexity index is 614. The Labute approximate surface area is 168 Å². The highest BCUT2D eigenvalue weighted by Gasteiger charge is 2.28. The van der Waals surface area contributed by atoms with Gasteiger partial charge in [-0.15, -0.1) is 0 Å². The fourth-order valence-electron chi connectivity index (χ4n) is 4.03. The molecule has 2 fully saturated rings. The highest BCUT2D eigenvalue weighted by atomic mass is 16.5. The van der Waals surface area contributed by atoms with E-state index in [1.165, 1.54) is 25.9 Å². The number of aliphatic hydroxyl groups is 1. The lowest BCUT2D eigenvalue weighted by Gasteiger charge is -2.29. The molecule has 0 radical (unpaired) electrons. The van der Waals surface area contributed by atoms with Gasteiger partial charge in [0.2, 0.25) is 0 Å². The molecule has 0 unspecified atom stereocenters. The van der Waals surface area contributed by atoms with Crippen molar-refractivity contribution >= 4 is 5.91 Å². The van der Waals surface area contributed by atoms with Gasteiger partial charge < -0.3 is 15.2 Å². The van der Waals surface area contributed by atoms with Gasteiger partial charge in [-0.25, -0.2) is 0 Å². The molecule has 1 amide bonds. The quantitative estimate of drug-likeness (QED) is 0.748. The van der Waals surface area contributed by atoms with Crippen LogP contribution in [0.4, 0.5) is 0 Å². The molecule has 0 bridgehead atoms. The molecule has 3 rings (SSSR count). The molecule has 2 aliphatic heterocycles. The van der Waals surface area contributed by atoms with Crippen LogP contribution in [-0.4, -0.2) is 78.3 Å². The number of nitrogens with one attached hydrogen (secondary N) is 1. The van der Waals surface area contributed by atoms with Crippen molar-refractivity contribution < 1.29 is 14.6 Å². The lowest BCUT2D eigenvalue weighted by molar-refractivity contribution is 0.0786. The number of nitrogens with zero attached hydrogens (tertiary/aromatic N) is 2. The molecule has 6 nitrogen and oxygen atoms in total. The molecule has 2 heterocycles. The summed E-state index contributed by atoms with van der Waals surface area (Å²) in [4.78, 5) is 17.4. The Kier molecular flexibility index (Phi) is 7.71. The summed E-state index contributed by atoms with van der Waals surface area (Å²) < 4.78 is 5.81. The number of likely N-dealkylation sites (tertiary alicyclic amines) is 2. The SMILES string of the molecule is CC(C)N1CCC[C@@H](O)[C@H](NC(=O)c2ccc(OCCN3CCCC3)cc2)C1. The Hall–Kier alpha value is -1.63. The second-order valence-corrected chi connectivity index (χ2v) is 8.30. The average molecular weight is 390 g/mol. The van der Waals surface area contributed by atoms with E-state index in [0.717, 1.165) is 31.7 Å². The number of hydrogen-bond donors (Lipinski definition) is 2. The van der Waals surface area contributed by atoms with Gasteiger partial charge in [-0.2, -0.15) is 0 Å². The van der Waals surface area contributed by atoms with Gasteiger partial charge in [0, 0.05) is 24.7 Å². The minimum atomic E-state index is -0.499. The normalized spacial score (nSPS) is 24.3. The fraction of sp³-hybridized carbons (Fsp3) is 0.682. The summed E-state index contributed by atoms with van der Waals surface area (Å²) in [7, 11) is 0. The molecule has 0 aliphatic carbocycles. The molecule has 2 atom stereocenters. The van der Waals surface area contributed by atoms with E-state index < -0.39 is 6.10 Å². The van der Waals surface area contributed by atoms with Crippen molar-refractivity contribution in [1.82, 2.24) is 15.1 Å². The molecule has 2 N–H and O–H groups in total. The Balaban J connectivity index is 1.50. The maximum Gasteiger partial charge on any atom is 0.251 e.